The molecule has 0 aliphatic heterocycles. The molecule has 21 heavy (non-hydrogen) atoms. The van der Waals surface area contributed by atoms with Crippen molar-refractivity contribution in [2.24, 2.45) is 0 Å². The van der Waals surface area contributed by atoms with E-state index in [0.29, 0.717) is 5.75 Å². The van der Waals surface area contributed by atoms with Gasteiger partial charge in [-0.05, 0) is 26.7 Å². The number of thioether (sulfide) groups is 1. The van der Waals surface area contributed by atoms with Gasteiger partial charge in [-0.25, -0.2) is 0 Å². The summed E-state index contributed by atoms with van der Waals surface area (Å²) in [5.41, 5.74) is 0. The van der Waals surface area contributed by atoms with Gasteiger partial charge in [0.1, 0.15) is 4.32 Å². The molecule has 0 aliphatic carbocycles. The van der Waals surface area contributed by atoms with E-state index in [1.165, 1.54) is 18.2 Å². The van der Waals surface area contributed by atoms with Crippen molar-refractivity contribution in [3.05, 3.63) is 0 Å². The number of nitrogens with one attached hydrogen (secondary N) is 1. The molecule has 0 spiro atoms. The topological polar surface area (TPSA) is 113 Å². The third kappa shape index (κ3) is 45.0. The lowest BCUT2D eigenvalue weighted by atomic mass is 10.3. The summed E-state index contributed by atoms with van der Waals surface area (Å²) in [5, 5.41) is 41.9. The summed E-state index contributed by atoms with van der Waals surface area (Å²) in [6.45, 7) is 8.59. The number of hydrogen-bond donors (Lipinski definition) is 6. The van der Waals surface area contributed by atoms with Gasteiger partial charge < -0.3 is 30.6 Å². The molecule has 9 heteroatoms. The van der Waals surface area contributed by atoms with Gasteiger partial charge >= 0.3 is 7.32 Å². The highest BCUT2D eigenvalue weighted by Gasteiger charge is 1.99. The van der Waals surface area contributed by atoms with Crippen LogP contribution in [0, 0.1) is 0 Å². The molecule has 0 fully saturated rings. The standard InChI is InChI=1S/C8H17NOS2.C4H10O.BH3O3/c1-3-4-5-9-8(11)12-6-7(2)10;1-3-4(2)5;2-1(3)4/h7,10H,3-6H2,1-2H3,(H,9,11);4-5H,3H2,1-2H3;2-4H. The summed E-state index contributed by atoms with van der Waals surface area (Å²) in [5.74, 6) is 0.679. The first-order chi connectivity index (χ1) is 9.67. The average Bonchev–Trinajstić information content (AvgIpc) is 2.36. The smallest absolute Gasteiger partial charge is 0.402 e. The molecule has 0 aromatic carbocycles. The van der Waals surface area contributed by atoms with E-state index in [9.17, 15) is 0 Å². The highest BCUT2D eigenvalue weighted by molar-refractivity contribution is 8.23. The van der Waals surface area contributed by atoms with Crippen molar-refractivity contribution < 1.29 is 25.3 Å². The summed E-state index contributed by atoms with van der Waals surface area (Å²) in [6.07, 6.45) is 2.79. The number of aliphatic hydroxyl groups excluding tert-OH is 2. The van der Waals surface area contributed by atoms with Gasteiger partial charge in [-0.2, -0.15) is 0 Å². The fourth-order valence-electron chi connectivity index (χ4n) is 0.615. The summed E-state index contributed by atoms with van der Waals surface area (Å²) < 4.78 is 0.796. The van der Waals surface area contributed by atoms with Gasteiger partial charge in [0.15, 0.2) is 0 Å². The highest BCUT2D eigenvalue weighted by atomic mass is 32.2. The maximum Gasteiger partial charge on any atom is 0.631 e. The van der Waals surface area contributed by atoms with Crippen LogP contribution in [-0.2, 0) is 0 Å². The fourth-order valence-corrected chi connectivity index (χ4v) is 1.52. The number of rotatable bonds is 6. The molecular formula is C12H30BNO5S2. The second-order valence-electron chi connectivity index (χ2n) is 4.33. The van der Waals surface area contributed by atoms with E-state index in [2.05, 4.69) is 12.2 Å². The van der Waals surface area contributed by atoms with Crippen LogP contribution >= 0.6 is 24.0 Å². The Morgan fingerprint density at radius 3 is 1.86 bits per heavy atom. The van der Waals surface area contributed by atoms with Gasteiger partial charge in [0.25, 0.3) is 0 Å². The first-order valence-corrected chi connectivity index (χ1v) is 8.37. The zero-order chi connectivity index (χ0) is 17.3. The van der Waals surface area contributed by atoms with Crippen LogP contribution in [0.3, 0.4) is 0 Å². The Hall–Kier alpha value is 0.105. The fraction of sp³-hybridized carbons (Fsp3) is 0.917. The van der Waals surface area contributed by atoms with Crippen molar-refractivity contribution in [1.29, 1.82) is 0 Å². The van der Waals surface area contributed by atoms with Crippen LogP contribution in [0.5, 0.6) is 0 Å². The van der Waals surface area contributed by atoms with E-state index >= 15 is 0 Å². The lowest BCUT2D eigenvalue weighted by Gasteiger charge is -2.07. The van der Waals surface area contributed by atoms with E-state index < -0.39 is 7.32 Å². The third-order valence-corrected chi connectivity index (χ3v) is 3.40. The van der Waals surface area contributed by atoms with Crippen molar-refractivity contribution in [3.63, 3.8) is 0 Å². The maximum absolute atomic E-state index is 8.96. The Labute approximate surface area is 138 Å². The van der Waals surface area contributed by atoms with E-state index in [1.54, 1.807) is 13.8 Å². The molecule has 2 unspecified atom stereocenters. The second-order valence-corrected chi connectivity index (χ2v) is 6.03. The van der Waals surface area contributed by atoms with E-state index in [4.69, 9.17) is 37.5 Å². The van der Waals surface area contributed by atoms with Gasteiger partial charge in [0.2, 0.25) is 0 Å². The summed E-state index contributed by atoms with van der Waals surface area (Å²) in [6, 6.07) is 0. The molecule has 0 radical (unpaired) electrons. The van der Waals surface area contributed by atoms with E-state index in [1.807, 2.05) is 6.92 Å². The van der Waals surface area contributed by atoms with Crippen LogP contribution < -0.4 is 5.32 Å². The minimum Gasteiger partial charge on any atom is -0.402 e. The molecule has 0 amide bonds. The summed E-state index contributed by atoms with van der Waals surface area (Å²) >= 11 is 6.53. The van der Waals surface area contributed by atoms with Crippen LogP contribution in [0.25, 0.3) is 0 Å². The predicted octanol–water partition coefficient (Wildman–Crippen LogP) is 0.500. The first kappa shape index (κ1) is 26.0. The van der Waals surface area contributed by atoms with Crippen LogP contribution in [-0.4, -0.2) is 61.4 Å². The minimum atomic E-state index is -2.17. The molecule has 0 bridgehead atoms. The molecule has 0 aromatic heterocycles. The first-order valence-electron chi connectivity index (χ1n) is 6.98. The van der Waals surface area contributed by atoms with Gasteiger partial charge in [-0.3, -0.25) is 0 Å². The number of unbranched alkanes of at least 4 members (excludes halogenated alkanes) is 1. The molecule has 0 aliphatic rings. The molecule has 128 valence electrons. The monoisotopic (exact) mass is 343 g/mol. The largest absolute Gasteiger partial charge is 0.631 e. The van der Waals surface area contributed by atoms with Crippen LogP contribution in [0.2, 0.25) is 0 Å². The summed E-state index contributed by atoms with van der Waals surface area (Å²) in [4.78, 5) is 0. The van der Waals surface area contributed by atoms with Crippen LogP contribution in [0.4, 0.5) is 0 Å². The summed E-state index contributed by atoms with van der Waals surface area (Å²) in [7, 11) is -2.17. The number of aliphatic hydroxyl groups is 2. The van der Waals surface area contributed by atoms with Crippen molar-refractivity contribution in [2.75, 3.05) is 12.3 Å². The normalized spacial score (nSPS) is 12.0. The Balaban J connectivity index is -0.000000297. The predicted molar refractivity (Wildman–Crippen MR) is 94.0 cm³/mol. The Kier molecular flexibility index (Phi) is 24.9. The Morgan fingerprint density at radius 2 is 1.57 bits per heavy atom. The number of thiocarbonyl (C=S) groups is 1. The zero-order valence-electron chi connectivity index (χ0n) is 13.3. The van der Waals surface area contributed by atoms with Gasteiger partial charge in [0, 0.05) is 12.3 Å². The van der Waals surface area contributed by atoms with Crippen molar-refractivity contribution >= 4 is 35.6 Å². The van der Waals surface area contributed by atoms with Gasteiger partial charge in [-0.1, -0.05) is 44.2 Å². The molecule has 6 nitrogen and oxygen atoms in total. The Bertz CT molecular complexity index is 219. The SMILES string of the molecule is CCC(C)O.CCCCNC(=S)SCC(C)O.OB(O)O. The minimum absolute atomic E-state index is 0.116. The molecule has 0 aromatic rings. The zero-order valence-corrected chi connectivity index (χ0v) is 15.0. The van der Waals surface area contributed by atoms with Gasteiger partial charge in [-0.15, -0.1) is 0 Å². The second kappa shape index (κ2) is 20.1. The van der Waals surface area contributed by atoms with E-state index in [-0.39, 0.29) is 12.2 Å². The lowest BCUT2D eigenvalue weighted by molar-refractivity contribution is 0.191. The lowest BCUT2D eigenvalue weighted by Crippen LogP contribution is -2.21. The molecule has 0 heterocycles. The molecule has 0 saturated carbocycles. The molecular weight excluding hydrogens is 313 g/mol. The molecule has 0 saturated heterocycles. The van der Waals surface area contributed by atoms with Crippen molar-refractivity contribution in [1.82, 2.24) is 5.32 Å². The van der Waals surface area contributed by atoms with Crippen LogP contribution in [0.1, 0.15) is 47.0 Å². The molecule has 2 atom stereocenters. The maximum atomic E-state index is 8.96. The van der Waals surface area contributed by atoms with E-state index in [0.717, 1.165) is 23.7 Å². The highest BCUT2D eigenvalue weighted by Crippen LogP contribution is 2.04. The third-order valence-electron chi connectivity index (χ3n) is 1.85. The molecule has 6 N–H and O–H groups in total. The quantitative estimate of drug-likeness (QED) is 0.235. The molecule has 0 rings (SSSR count). The Morgan fingerprint density at radius 1 is 1.14 bits per heavy atom. The van der Waals surface area contributed by atoms with Crippen LogP contribution in [0.15, 0.2) is 0 Å². The van der Waals surface area contributed by atoms with Crippen molar-refractivity contribution in [2.45, 2.75) is 59.2 Å². The number of hydrogen-bond acceptors (Lipinski definition) is 7. The average molecular weight is 343 g/mol. The van der Waals surface area contributed by atoms with Gasteiger partial charge in [0.05, 0.1) is 12.2 Å². The van der Waals surface area contributed by atoms with Crippen molar-refractivity contribution in [3.8, 4) is 0 Å².